The molecule has 4 heterocycles. The standard InChI is InChI=1S/C24H20F3N5O2/c1-2-15-9-18(3-4-20(15)30-8-6-16-11-28-7-5-21(16)30)32-22(33)14-31(23(32)34)19-10-17(12-29-13-19)24(25,26)27/h3-5,7,9-13H,2,6,8,14H2,1H3. The molecule has 5 rings (SSSR count). The molecular weight excluding hydrogens is 447 g/mol. The highest BCUT2D eigenvalue weighted by Crippen LogP contribution is 2.38. The molecule has 0 spiro atoms. The second-order valence-corrected chi connectivity index (χ2v) is 8.10. The van der Waals surface area contributed by atoms with Gasteiger partial charge in [-0.2, -0.15) is 13.2 Å². The molecule has 0 atom stereocenters. The first kappa shape index (κ1) is 21.9. The zero-order valence-corrected chi connectivity index (χ0v) is 18.2. The van der Waals surface area contributed by atoms with Crippen molar-refractivity contribution >= 4 is 34.7 Å². The number of alkyl halides is 3. The van der Waals surface area contributed by atoms with Crippen LogP contribution < -0.4 is 14.7 Å². The number of halogens is 3. The van der Waals surface area contributed by atoms with Crippen LogP contribution in [0.5, 0.6) is 0 Å². The molecular formula is C24H20F3N5O2. The van der Waals surface area contributed by atoms with Gasteiger partial charge in [-0.05, 0) is 54.3 Å². The van der Waals surface area contributed by atoms with E-state index in [0.29, 0.717) is 18.3 Å². The van der Waals surface area contributed by atoms with Gasteiger partial charge in [0, 0.05) is 36.5 Å². The molecule has 2 aliphatic heterocycles. The van der Waals surface area contributed by atoms with Crippen LogP contribution in [0.2, 0.25) is 0 Å². The highest BCUT2D eigenvalue weighted by atomic mass is 19.4. The summed E-state index contributed by atoms with van der Waals surface area (Å²) in [5.74, 6) is -0.519. The number of anilines is 4. The summed E-state index contributed by atoms with van der Waals surface area (Å²) >= 11 is 0. The Balaban J connectivity index is 1.46. The second-order valence-electron chi connectivity index (χ2n) is 8.10. The number of benzene rings is 1. The lowest BCUT2D eigenvalue weighted by Gasteiger charge is -2.24. The van der Waals surface area contributed by atoms with Crippen LogP contribution in [0.25, 0.3) is 0 Å². The second kappa shape index (κ2) is 8.12. The third-order valence-electron chi connectivity index (χ3n) is 6.09. The third-order valence-corrected chi connectivity index (χ3v) is 6.09. The minimum atomic E-state index is -4.61. The number of imide groups is 1. The van der Waals surface area contributed by atoms with E-state index in [1.165, 1.54) is 0 Å². The summed E-state index contributed by atoms with van der Waals surface area (Å²) in [5.41, 5.74) is 3.48. The lowest BCUT2D eigenvalue weighted by Crippen LogP contribution is -2.33. The largest absolute Gasteiger partial charge is 0.417 e. The Bertz CT molecular complexity index is 1290. The van der Waals surface area contributed by atoms with Gasteiger partial charge >= 0.3 is 12.2 Å². The number of rotatable bonds is 4. The number of aryl methyl sites for hydroxylation is 1. The summed E-state index contributed by atoms with van der Waals surface area (Å²) in [6, 6.07) is 7.43. The Kier molecular flexibility index (Phi) is 5.22. The van der Waals surface area contributed by atoms with Crippen LogP contribution >= 0.6 is 0 Å². The zero-order valence-electron chi connectivity index (χ0n) is 18.2. The maximum atomic E-state index is 13.1. The molecule has 0 N–H and O–H groups in total. The van der Waals surface area contributed by atoms with E-state index in [2.05, 4.69) is 14.9 Å². The van der Waals surface area contributed by atoms with Gasteiger partial charge in [-0.1, -0.05) is 6.92 Å². The van der Waals surface area contributed by atoms with E-state index in [-0.39, 0.29) is 12.2 Å². The van der Waals surface area contributed by atoms with Gasteiger partial charge in [0.1, 0.15) is 6.54 Å². The van der Waals surface area contributed by atoms with Crippen LogP contribution in [-0.2, 0) is 23.8 Å². The maximum absolute atomic E-state index is 13.1. The monoisotopic (exact) mass is 467 g/mol. The van der Waals surface area contributed by atoms with Gasteiger partial charge in [0.15, 0.2) is 0 Å². The fourth-order valence-corrected chi connectivity index (χ4v) is 4.42. The van der Waals surface area contributed by atoms with Crippen molar-refractivity contribution in [3.05, 3.63) is 71.8 Å². The molecule has 7 nitrogen and oxygen atoms in total. The molecule has 0 saturated carbocycles. The Morgan fingerprint density at radius 2 is 1.76 bits per heavy atom. The molecule has 10 heteroatoms. The lowest BCUT2D eigenvalue weighted by atomic mass is 10.1. The van der Waals surface area contributed by atoms with Gasteiger partial charge in [0.05, 0.1) is 23.1 Å². The first-order valence-corrected chi connectivity index (χ1v) is 10.8. The van der Waals surface area contributed by atoms with Crippen molar-refractivity contribution in [3.63, 3.8) is 0 Å². The molecule has 3 aromatic rings. The number of carbonyl (C=O) groups excluding carboxylic acids is 2. The molecule has 0 unspecified atom stereocenters. The van der Waals surface area contributed by atoms with Crippen LogP contribution in [-0.4, -0.2) is 35.0 Å². The lowest BCUT2D eigenvalue weighted by molar-refractivity contribution is -0.137. The third kappa shape index (κ3) is 3.64. The van der Waals surface area contributed by atoms with Gasteiger partial charge in [-0.3, -0.25) is 19.7 Å². The molecule has 34 heavy (non-hydrogen) atoms. The number of urea groups is 1. The predicted octanol–water partition coefficient (Wildman–Crippen LogP) is 4.73. The van der Waals surface area contributed by atoms with Gasteiger partial charge in [0.2, 0.25) is 0 Å². The number of pyridine rings is 2. The van der Waals surface area contributed by atoms with E-state index in [4.69, 9.17) is 0 Å². The summed E-state index contributed by atoms with van der Waals surface area (Å²) < 4.78 is 39.3. The fourth-order valence-electron chi connectivity index (χ4n) is 4.42. The van der Waals surface area contributed by atoms with E-state index in [1.54, 1.807) is 18.3 Å². The summed E-state index contributed by atoms with van der Waals surface area (Å²) in [6.45, 7) is 2.42. The van der Waals surface area contributed by atoms with Crippen molar-refractivity contribution in [2.75, 3.05) is 27.8 Å². The summed E-state index contributed by atoms with van der Waals surface area (Å²) in [6.07, 6.45) is 2.36. The molecule has 2 aromatic heterocycles. The minimum Gasteiger partial charge on any atom is -0.341 e. The maximum Gasteiger partial charge on any atom is 0.417 e. The van der Waals surface area contributed by atoms with E-state index < -0.39 is 23.7 Å². The normalized spacial score (nSPS) is 15.9. The average molecular weight is 467 g/mol. The molecule has 1 fully saturated rings. The number of hydrogen-bond acceptors (Lipinski definition) is 5. The van der Waals surface area contributed by atoms with Gasteiger partial charge in [-0.15, -0.1) is 0 Å². The van der Waals surface area contributed by atoms with Crippen molar-refractivity contribution in [2.24, 2.45) is 0 Å². The molecule has 174 valence electrons. The smallest absolute Gasteiger partial charge is 0.341 e. The van der Waals surface area contributed by atoms with Crippen LogP contribution in [0, 0.1) is 0 Å². The van der Waals surface area contributed by atoms with Crippen LogP contribution in [0.1, 0.15) is 23.6 Å². The van der Waals surface area contributed by atoms with Crippen molar-refractivity contribution in [1.29, 1.82) is 0 Å². The molecule has 1 saturated heterocycles. The minimum absolute atomic E-state index is 0.0784. The number of amides is 3. The van der Waals surface area contributed by atoms with Crippen LogP contribution in [0.3, 0.4) is 0 Å². The van der Waals surface area contributed by atoms with E-state index in [1.807, 2.05) is 25.3 Å². The van der Waals surface area contributed by atoms with Gasteiger partial charge in [0.25, 0.3) is 5.91 Å². The average Bonchev–Trinajstić information content (AvgIpc) is 3.38. The molecule has 0 aliphatic carbocycles. The first-order chi connectivity index (χ1) is 16.3. The van der Waals surface area contributed by atoms with Crippen LogP contribution in [0.15, 0.2) is 55.1 Å². The van der Waals surface area contributed by atoms with Gasteiger partial charge in [-0.25, -0.2) is 9.69 Å². The van der Waals surface area contributed by atoms with Crippen molar-refractivity contribution < 1.29 is 22.8 Å². The Labute approximate surface area is 193 Å². The summed E-state index contributed by atoms with van der Waals surface area (Å²) in [5, 5.41) is 0. The molecule has 0 bridgehead atoms. The summed E-state index contributed by atoms with van der Waals surface area (Å²) in [7, 11) is 0. The molecule has 3 amide bonds. The number of nitrogens with zero attached hydrogens (tertiary/aromatic N) is 5. The Morgan fingerprint density at radius 1 is 0.941 bits per heavy atom. The van der Waals surface area contributed by atoms with E-state index in [9.17, 15) is 22.8 Å². The SMILES string of the molecule is CCc1cc(N2C(=O)CN(c3cncc(C(F)(F)F)c3)C2=O)ccc1N1CCc2cnccc21. The highest BCUT2D eigenvalue weighted by Gasteiger charge is 2.40. The summed E-state index contributed by atoms with van der Waals surface area (Å²) in [4.78, 5) is 37.8. The van der Waals surface area contributed by atoms with Crippen LogP contribution in [0.4, 0.5) is 40.7 Å². The predicted molar refractivity (Wildman–Crippen MR) is 120 cm³/mol. The molecule has 0 radical (unpaired) electrons. The number of hydrogen-bond donors (Lipinski definition) is 0. The molecule has 1 aromatic carbocycles. The number of fused-ring (bicyclic) bond motifs is 1. The highest BCUT2D eigenvalue weighted by molar-refractivity contribution is 6.27. The quantitative estimate of drug-likeness (QED) is 0.519. The number of aromatic nitrogens is 2. The molecule has 2 aliphatic rings. The first-order valence-electron chi connectivity index (χ1n) is 10.8. The topological polar surface area (TPSA) is 69.6 Å². The van der Waals surface area contributed by atoms with Crippen molar-refractivity contribution in [3.8, 4) is 0 Å². The Morgan fingerprint density at radius 3 is 2.53 bits per heavy atom. The zero-order chi connectivity index (χ0) is 24.0. The number of carbonyl (C=O) groups is 2. The van der Waals surface area contributed by atoms with Crippen molar-refractivity contribution in [2.45, 2.75) is 25.9 Å². The van der Waals surface area contributed by atoms with Gasteiger partial charge < -0.3 is 4.90 Å². The van der Waals surface area contributed by atoms with E-state index in [0.717, 1.165) is 57.5 Å². The van der Waals surface area contributed by atoms with Crippen molar-refractivity contribution in [1.82, 2.24) is 9.97 Å². The van der Waals surface area contributed by atoms with E-state index >= 15 is 0 Å². The fraction of sp³-hybridized carbons (Fsp3) is 0.250. The Hall–Kier alpha value is -3.95.